The van der Waals surface area contributed by atoms with Gasteiger partial charge in [-0.25, -0.2) is 4.79 Å². The molecule has 0 bridgehead atoms. The van der Waals surface area contributed by atoms with E-state index in [9.17, 15) is 22.8 Å². The summed E-state index contributed by atoms with van der Waals surface area (Å²) < 4.78 is 37.7. The van der Waals surface area contributed by atoms with E-state index in [-0.39, 0.29) is 13.1 Å². The van der Waals surface area contributed by atoms with Crippen molar-refractivity contribution in [3.63, 3.8) is 0 Å². The van der Waals surface area contributed by atoms with E-state index in [2.05, 4.69) is 10.6 Å². The van der Waals surface area contributed by atoms with Gasteiger partial charge >= 0.3 is 12.2 Å². The van der Waals surface area contributed by atoms with Gasteiger partial charge in [-0.1, -0.05) is 29.8 Å². The first-order chi connectivity index (χ1) is 12.7. The molecule has 3 rings (SSSR count). The molecule has 0 aromatic heterocycles. The number of urea groups is 1. The normalized spacial score (nSPS) is 17.0. The molecule has 1 fully saturated rings. The predicted octanol–water partition coefficient (Wildman–Crippen LogP) is 3.57. The van der Waals surface area contributed by atoms with Gasteiger partial charge in [-0.15, -0.1) is 0 Å². The summed E-state index contributed by atoms with van der Waals surface area (Å²) in [7, 11) is 0. The summed E-state index contributed by atoms with van der Waals surface area (Å²) in [6.07, 6.45) is -4.40. The maximum atomic E-state index is 12.6. The second-order valence-electron chi connectivity index (χ2n) is 6.01. The molecule has 1 aliphatic rings. The summed E-state index contributed by atoms with van der Waals surface area (Å²) in [5.41, 5.74) is 0.336. The number of anilines is 1. The van der Waals surface area contributed by atoms with Crippen molar-refractivity contribution in [2.24, 2.45) is 0 Å². The molecule has 1 heterocycles. The number of hydrogen-bond acceptors (Lipinski definition) is 2. The molecular formula is C18H15ClF3N3O2. The number of carbonyl (C=O) groups excluding carboxylic acids is 2. The quantitative estimate of drug-likeness (QED) is 0.828. The third-order valence-corrected chi connectivity index (χ3v) is 4.33. The zero-order valence-electron chi connectivity index (χ0n) is 13.9. The molecule has 0 aliphatic carbocycles. The third kappa shape index (κ3) is 4.51. The lowest BCUT2D eigenvalue weighted by atomic mass is 10.1. The lowest BCUT2D eigenvalue weighted by Crippen LogP contribution is -2.42. The lowest BCUT2D eigenvalue weighted by Gasteiger charge is -2.15. The van der Waals surface area contributed by atoms with Gasteiger partial charge in [-0.2, -0.15) is 13.2 Å². The van der Waals surface area contributed by atoms with Crippen LogP contribution in [0.2, 0.25) is 5.02 Å². The van der Waals surface area contributed by atoms with Gasteiger partial charge in [0.2, 0.25) is 5.91 Å². The Balaban J connectivity index is 1.58. The number of nitrogens with zero attached hydrogens (tertiary/aromatic N) is 1. The molecule has 5 nitrogen and oxygen atoms in total. The molecule has 1 atom stereocenters. The SMILES string of the molecule is O=C(NCc1ccc(C(F)(F)F)cc1)C1CN(c2cccc(Cl)c2)C(=O)N1. The van der Waals surface area contributed by atoms with Crippen molar-refractivity contribution in [3.05, 3.63) is 64.7 Å². The number of halogens is 4. The fraction of sp³-hybridized carbons (Fsp3) is 0.222. The Hall–Kier alpha value is -2.74. The number of rotatable bonds is 4. The van der Waals surface area contributed by atoms with Crippen LogP contribution in [-0.2, 0) is 17.5 Å². The number of carbonyl (C=O) groups is 2. The second-order valence-corrected chi connectivity index (χ2v) is 6.44. The van der Waals surface area contributed by atoms with Gasteiger partial charge in [-0.3, -0.25) is 9.69 Å². The molecular weight excluding hydrogens is 383 g/mol. The zero-order valence-corrected chi connectivity index (χ0v) is 14.6. The molecule has 0 saturated carbocycles. The standard InChI is InChI=1S/C18H15ClF3N3O2/c19-13-2-1-3-14(8-13)25-10-15(24-17(25)27)16(26)23-9-11-4-6-12(7-5-11)18(20,21)22/h1-8,15H,9-10H2,(H,23,26)(H,24,27). The average molecular weight is 398 g/mol. The molecule has 142 valence electrons. The summed E-state index contributed by atoms with van der Waals surface area (Å²) >= 11 is 5.92. The van der Waals surface area contributed by atoms with E-state index in [1.165, 1.54) is 17.0 Å². The monoisotopic (exact) mass is 397 g/mol. The highest BCUT2D eigenvalue weighted by Gasteiger charge is 2.34. The molecule has 1 unspecified atom stereocenters. The fourth-order valence-corrected chi connectivity index (χ4v) is 2.86. The summed E-state index contributed by atoms with van der Waals surface area (Å²) in [5.74, 6) is -0.423. The number of hydrogen-bond donors (Lipinski definition) is 2. The van der Waals surface area contributed by atoms with Crippen LogP contribution in [0.5, 0.6) is 0 Å². The minimum atomic E-state index is -4.40. The van der Waals surface area contributed by atoms with Crippen molar-refractivity contribution in [1.82, 2.24) is 10.6 Å². The summed E-state index contributed by atoms with van der Waals surface area (Å²) in [5, 5.41) is 5.65. The first-order valence-electron chi connectivity index (χ1n) is 8.01. The van der Waals surface area contributed by atoms with Crippen molar-refractivity contribution in [2.45, 2.75) is 18.8 Å². The van der Waals surface area contributed by atoms with E-state index in [0.717, 1.165) is 12.1 Å². The molecule has 0 spiro atoms. The molecule has 2 aromatic rings. The minimum absolute atomic E-state index is 0.0561. The number of alkyl halides is 3. The predicted molar refractivity (Wildman–Crippen MR) is 94.4 cm³/mol. The fourth-order valence-electron chi connectivity index (χ4n) is 2.68. The third-order valence-electron chi connectivity index (χ3n) is 4.09. The van der Waals surface area contributed by atoms with Gasteiger partial charge in [0, 0.05) is 17.3 Å². The highest BCUT2D eigenvalue weighted by Crippen LogP contribution is 2.29. The molecule has 2 aromatic carbocycles. The molecule has 9 heteroatoms. The largest absolute Gasteiger partial charge is 0.416 e. The van der Waals surface area contributed by atoms with Crippen LogP contribution >= 0.6 is 11.6 Å². The number of nitrogens with one attached hydrogen (secondary N) is 2. The van der Waals surface area contributed by atoms with Gasteiger partial charge in [0.05, 0.1) is 12.1 Å². The van der Waals surface area contributed by atoms with Crippen LogP contribution in [0.1, 0.15) is 11.1 Å². The van der Waals surface area contributed by atoms with Gasteiger partial charge < -0.3 is 10.6 Å². The molecule has 2 N–H and O–H groups in total. The van der Waals surface area contributed by atoms with Crippen molar-refractivity contribution in [2.75, 3.05) is 11.4 Å². The van der Waals surface area contributed by atoms with Crippen LogP contribution in [-0.4, -0.2) is 24.5 Å². The van der Waals surface area contributed by atoms with Gasteiger partial charge in [0.25, 0.3) is 0 Å². The van der Waals surface area contributed by atoms with Crippen molar-refractivity contribution in [1.29, 1.82) is 0 Å². The van der Waals surface area contributed by atoms with Crippen LogP contribution < -0.4 is 15.5 Å². The average Bonchev–Trinajstić information content (AvgIpc) is 3.01. The highest BCUT2D eigenvalue weighted by molar-refractivity contribution is 6.30. The Morgan fingerprint density at radius 3 is 2.56 bits per heavy atom. The van der Waals surface area contributed by atoms with Crippen LogP contribution in [0, 0.1) is 0 Å². The van der Waals surface area contributed by atoms with Crippen molar-refractivity contribution in [3.8, 4) is 0 Å². The van der Waals surface area contributed by atoms with E-state index in [4.69, 9.17) is 11.6 Å². The van der Waals surface area contributed by atoms with Gasteiger partial charge in [0.15, 0.2) is 0 Å². The Bertz CT molecular complexity index is 856. The minimum Gasteiger partial charge on any atom is -0.350 e. The van der Waals surface area contributed by atoms with E-state index in [1.54, 1.807) is 24.3 Å². The summed E-state index contributed by atoms with van der Waals surface area (Å²) in [4.78, 5) is 25.8. The molecule has 3 amide bonds. The maximum absolute atomic E-state index is 12.6. The Morgan fingerprint density at radius 1 is 1.22 bits per heavy atom. The van der Waals surface area contributed by atoms with E-state index >= 15 is 0 Å². The van der Waals surface area contributed by atoms with Crippen LogP contribution in [0.25, 0.3) is 0 Å². The summed E-state index contributed by atoms with van der Waals surface area (Å²) in [6, 6.07) is 10.0. The Kier molecular flexibility index (Phi) is 5.27. The lowest BCUT2D eigenvalue weighted by molar-refractivity contribution is -0.137. The highest BCUT2D eigenvalue weighted by atomic mass is 35.5. The smallest absolute Gasteiger partial charge is 0.350 e. The van der Waals surface area contributed by atoms with E-state index in [1.807, 2.05) is 0 Å². The number of benzene rings is 2. The maximum Gasteiger partial charge on any atom is 0.416 e. The van der Waals surface area contributed by atoms with Gasteiger partial charge in [-0.05, 0) is 35.9 Å². The van der Waals surface area contributed by atoms with Crippen molar-refractivity contribution < 1.29 is 22.8 Å². The molecule has 27 heavy (non-hydrogen) atoms. The molecule has 0 radical (unpaired) electrons. The topological polar surface area (TPSA) is 61.4 Å². The molecule has 1 aliphatic heterocycles. The first-order valence-corrected chi connectivity index (χ1v) is 8.39. The number of amides is 3. The molecule has 1 saturated heterocycles. The van der Waals surface area contributed by atoms with E-state index < -0.39 is 29.7 Å². The van der Waals surface area contributed by atoms with Gasteiger partial charge in [0.1, 0.15) is 6.04 Å². The van der Waals surface area contributed by atoms with Crippen LogP contribution in [0.3, 0.4) is 0 Å². The van der Waals surface area contributed by atoms with Crippen LogP contribution in [0.15, 0.2) is 48.5 Å². The Labute approximate surface area is 158 Å². The zero-order chi connectivity index (χ0) is 19.6. The first kappa shape index (κ1) is 19.0. The summed E-state index contributed by atoms with van der Waals surface area (Å²) in [6.45, 7) is 0.179. The van der Waals surface area contributed by atoms with Crippen LogP contribution in [0.4, 0.5) is 23.7 Å². The Morgan fingerprint density at radius 2 is 1.93 bits per heavy atom. The second kappa shape index (κ2) is 7.48. The van der Waals surface area contributed by atoms with Crippen molar-refractivity contribution >= 4 is 29.2 Å². The van der Waals surface area contributed by atoms with E-state index in [0.29, 0.717) is 16.3 Å².